The molecule has 0 radical (unpaired) electrons. The van der Waals surface area contributed by atoms with Crippen LogP contribution in [0, 0.1) is 6.92 Å². The summed E-state index contributed by atoms with van der Waals surface area (Å²) in [6.07, 6.45) is 0.974. The number of amides is 4. The first-order valence-corrected chi connectivity index (χ1v) is 6.82. The maximum Gasteiger partial charge on any atom is 0.322 e. The first kappa shape index (κ1) is 15.7. The Morgan fingerprint density at radius 3 is 2.50 bits per heavy atom. The zero-order chi connectivity index (χ0) is 16.2. The summed E-state index contributed by atoms with van der Waals surface area (Å²) >= 11 is 0. The highest BCUT2D eigenvalue weighted by molar-refractivity contribution is 6.08. The summed E-state index contributed by atoms with van der Waals surface area (Å²) in [5.74, 6) is -0.596. The lowest BCUT2D eigenvalue weighted by molar-refractivity contribution is -0.129. The molecule has 0 spiro atoms. The molecule has 0 saturated carbocycles. The maximum absolute atomic E-state index is 12.0. The van der Waals surface area contributed by atoms with E-state index in [-0.39, 0.29) is 13.0 Å². The normalized spacial score (nSPS) is 20.2. The van der Waals surface area contributed by atoms with Crippen LogP contribution in [0.5, 0.6) is 0 Å². The van der Waals surface area contributed by atoms with E-state index in [1.165, 1.54) is 4.90 Å². The Labute approximate surface area is 127 Å². The highest BCUT2D eigenvalue weighted by Crippen LogP contribution is 2.18. The van der Waals surface area contributed by atoms with Crippen LogP contribution in [0.4, 0.5) is 4.79 Å². The summed E-state index contributed by atoms with van der Waals surface area (Å²) < 4.78 is 0. The molecule has 1 fully saturated rings. The highest BCUT2D eigenvalue weighted by Gasteiger charge is 2.47. The largest absolute Gasteiger partial charge is 0.338 e. The Morgan fingerprint density at radius 1 is 1.23 bits per heavy atom. The van der Waals surface area contributed by atoms with Gasteiger partial charge in [0.15, 0.2) is 0 Å². The third-order valence-corrected chi connectivity index (χ3v) is 3.70. The Bertz CT molecular complexity index is 617. The van der Waals surface area contributed by atoms with Crippen LogP contribution in [-0.2, 0) is 20.9 Å². The van der Waals surface area contributed by atoms with Gasteiger partial charge in [-0.2, -0.15) is 0 Å². The third-order valence-electron chi connectivity index (χ3n) is 3.70. The van der Waals surface area contributed by atoms with E-state index >= 15 is 0 Å². The number of carbonyl (C=O) groups is 4. The molecule has 7 heteroatoms. The van der Waals surface area contributed by atoms with Crippen molar-refractivity contribution < 1.29 is 19.2 Å². The molecule has 7 nitrogen and oxygen atoms in total. The van der Waals surface area contributed by atoms with Crippen molar-refractivity contribution >= 4 is 24.6 Å². The fourth-order valence-electron chi connectivity index (χ4n) is 2.47. The number of urea groups is 1. The van der Waals surface area contributed by atoms with Gasteiger partial charge in [0.05, 0.1) is 6.54 Å². The van der Waals surface area contributed by atoms with Gasteiger partial charge in [-0.05, 0) is 18.1 Å². The predicted molar refractivity (Wildman–Crippen MR) is 77.7 cm³/mol. The molecule has 1 unspecified atom stereocenters. The second-order valence-electron chi connectivity index (χ2n) is 5.30. The molecule has 2 rings (SSSR count). The quantitative estimate of drug-likeness (QED) is 0.552. The lowest BCUT2D eigenvalue weighted by Gasteiger charge is -2.29. The SMILES string of the molecule is Cc1ccccc1CN(C=O)CC1(CC=O)NC(=O)NC1=O. The molecular weight excluding hydrogens is 286 g/mol. The number of benzene rings is 1. The number of imide groups is 1. The van der Waals surface area contributed by atoms with Crippen molar-refractivity contribution in [3.63, 3.8) is 0 Å². The second-order valence-corrected chi connectivity index (χ2v) is 5.30. The van der Waals surface area contributed by atoms with Crippen LogP contribution >= 0.6 is 0 Å². The Balaban J connectivity index is 2.19. The van der Waals surface area contributed by atoms with E-state index in [1.807, 2.05) is 31.2 Å². The molecule has 0 aliphatic carbocycles. The monoisotopic (exact) mass is 303 g/mol. The first-order chi connectivity index (χ1) is 10.5. The fraction of sp³-hybridized carbons (Fsp3) is 0.333. The highest BCUT2D eigenvalue weighted by atomic mass is 16.2. The van der Waals surface area contributed by atoms with Crippen molar-refractivity contribution in [2.24, 2.45) is 0 Å². The number of hydrogen-bond acceptors (Lipinski definition) is 4. The van der Waals surface area contributed by atoms with Gasteiger partial charge in [0.1, 0.15) is 11.8 Å². The number of hydrogen-bond donors (Lipinski definition) is 2. The van der Waals surface area contributed by atoms with E-state index in [0.29, 0.717) is 19.2 Å². The third kappa shape index (κ3) is 3.13. The van der Waals surface area contributed by atoms with Crippen molar-refractivity contribution in [1.29, 1.82) is 0 Å². The topological polar surface area (TPSA) is 95.6 Å². The van der Waals surface area contributed by atoms with Crippen molar-refractivity contribution in [3.05, 3.63) is 35.4 Å². The van der Waals surface area contributed by atoms with E-state index in [0.717, 1.165) is 11.1 Å². The summed E-state index contributed by atoms with van der Waals surface area (Å²) in [7, 11) is 0. The first-order valence-electron chi connectivity index (χ1n) is 6.82. The molecule has 1 aromatic rings. The molecule has 116 valence electrons. The molecule has 22 heavy (non-hydrogen) atoms. The van der Waals surface area contributed by atoms with Crippen LogP contribution in [0.2, 0.25) is 0 Å². The minimum atomic E-state index is -1.40. The number of aldehydes is 1. The molecule has 1 aliphatic heterocycles. The number of rotatable bonds is 7. The van der Waals surface area contributed by atoms with Gasteiger partial charge < -0.3 is 15.0 Å². The molecule has 1 saturated heterocycles. The summed E-state index contributed by atoms with van der Waals surface area (Å²) in [5.41, 5.74) is 0.543. The zero-order valence-corrected chi connectivity index (χ0v) is 12.2. The Morgan fingerprint density at radius 2 is 1.95 bits per heavy atom. The van der Waals surface area contributed by atoms with Crippen LogP contribution < -0.4 is 10.6 Å². The van der Waals surface area contributed by atoms with Crippen LogP contribution in [0.1, 0.15) is 17.5 Å². The van der Waals surface area contributed by atoms with Crippen molar-refractivity contribution in [2.45, 2.75) is 25.4 Å². The van der Waals surface area contributed by atoms with Crippen LogP contribution in [0.3, 0.4) is 0 Å². The summed E-state index contributed by atoms with van der Waals surface area (Å²) in [6.45, 7) is 2.14. The van der Waals surface area contributed by atoms with E-state index < -0.39 is 17.5 Å². The lowest BCUT2D eigenvalue weighted by atomic mass is 9.95. The van der Waals surface area contributed by atoms with Gasteiger partial charge in [-0.15, -0.1) is 0 Å². The molecule has 1 atom stereocenters. The van der Waals surface area contributed by atoms with E-state index in [2.05, 4.69) is 10.6 Å². The smallest absolute Gasteiger partial charge is 0.322 e. The van der Waals surface area contributed by atoms with Crippen molar-refractivity contribution in [1.82, 2.24) is 15.5 Å². The molecule has 0 bridgehead atoms. The van der Waals surface area contributed by atoms with Crippen LogP contribution in [0.25, 0.3) is 0 Å². The predicted octanol–water partition coefficient (Wildman–Crippen LogP) is 0.121. The van der Waals surface area contributed by atoms with E-state index in [9.17, 15) is 19.2 Å². The standard InChI is InChI=1S/C15H17N3O4/c1-11-4-2-3-5-12(11)8-18(10-20)9-15(6-7-19)13(21)16-14(22)17-15/h2-5,7,10H,6,8-9H2,1H3,(H2,16,17,21,22). The summed E-state index contributed by atoms with van der Waals surface area (Å²) in [5, 5.41) is 4.56. The van der Waals surface area contributed by atoms with Crippen LogP contribution in [0.15, 0.2) is 24.3 Å². The van der Waals surface area contributed by atoms with Gasteiger partial charge >= 0.3 is 6.03 Å². The van der Waals surface area contributed by atoms with Gasteiger partial charge in [-0.3, -0.25) is 14.9 Å². The van der Waals surface area contributed by atoms with Crippen molar-refractivity contribution in [2.75, 3.05) is 6.54 Å². The number of carbonyl (C=O) groups excluding carboxylic acids is 4. The molecule has 4 amide bonds. The number of aryl methyl sites for hydroxylation is 1. The minimum absolute atomic E-state index is 0.0683. The summed E-state index contributed by atoms with van der Waals surface area (Å²) in [4.78, 5) is 46.9. The maximum atomic E-state index is 12.0. The number of nitrogens with zero attached hydrogens (tertiary/aromatic N) is 1. The second kappa shape index (κ2) is 6.38. The average molecular weight is 303 g/mol. The minimum Gasteiger partial charge on any atom is -0.338 e. The van der Waals surface area contributed by atoms with Crippen LogP contribution in [-0.4, -0.2) is 41.6 Å². The molecule has 0 aromatic heterocycles. The van der Waals surface area contributed by atoms with Gasteiger partial charge in [-0.1, -0.05) is 24.3 Å². The van der Waals surface area contributed by atoms with Gasteiger partial charge in [0, 0.05) is 13.0 Å². The molecule has 1 aliphatic rings. The summed E-state index contributed by atoms with van der Waals surface area (Å²) in [6, 6.07) is 6.89. The fourth-order valence-corrected chi connectivity index (χ4v) is 2.47. The average Bonchev–Trinajstić information content (AvgIpc) is 2.75. The van der Waals surface area contributed by atoms with Gasteiger partial charge in [0.25, 0.3) is 5.91 Å². The van der Waals surface area contributed by atoms with Gasteiger partial charge in [0.2, 0.25) is 6.41 Å². The van der Waals surface area contributed by atoms with E-state index in [4.69, 9.17) is 0 Å². The lowest BCUT2D eigenvalue weighted by Crippen LogP contribution is -2.55. The molecule has 1 aromatic carbocycles. The Hall–Kier alpha value is -2.70. The zero-order valence-electron chi connectivity index (χ0n) is 12.2. The number of nitrogens with one attached hydrogen (secondary N) is 2. The van der Waals surface area contributed by atoms with Crippen molar-refractivity contribution in [3.8, 4) is 0 Å². The molecular formula is C15H17N3O4. The van der Waals surface area contributed by atoms with E-state index in [1.54, 1.807) is 0 Å². The Kier molecular flexibility index (Phi) is 4.55. The molecule has 2 N–H and O–H groups in total. The van der Waals surface area contributed by atoms with Gasteiger partial charge in [-0.25, -0.2) is 4.79 Å². The molecule has 1 heterocycles.